The molecule has 0 aliphatic carbocycles. The van der Waals surface area contributed by atoms with Crippen LogP contribution in [0, 0.1) is 10.1 Å². The van der Waals surface area contributed by atoms with Crippen molar-refractivity contribution < 1.29 is 19.6 Å². The fourth-order valence-electron chi connectivity index (χ4n) is 2.05. The minimum Gasteiger partial charge on any atom is -0.505 e. The average molecular weight is 304 g/mol. The molecule has 0 aliphatic rings. The molecule has 2 aromatic heterocycles. The molecule has 3 aromatic rings. The lowest BCUT2D eigenvalue weighted by molar-refractivity contribution is -0.384. The van der Waals surface area contributed by atoms with E-state index in [4.69, 9.17) is 0 Å². The van der Waals surface area contributed by atoms with Gasteiger partial charge in [0.1, 0.15) is 5.75 Å². The number of pyridine rings is 1. The molecule has 0 fully saturated rings. The molecule has 0 saturated carbocycles. The number of hydrogen-bond donors (Lipinski definition) is 1. The van der Waals surface area contributed by atoms with Crippen molar-refractivity contribution in [3.05, 3.63) is 39.4 Å². The predicted molar refractivity (Wildman–Crippen MR) is 76.8 cm³/mol. The fourth-order valence-corrected chi connectivity index (χ4v) is 3.17. The third kappa shape index (κ3) is 1.96. The van der Waals surface area contributed by atoms with E-state index in [2.05, 4.69) is 9.72 Å². The number of ether oxygens (including phenoxy) is 1. The highest BCUT2D eigenvalue weighted by atomic mass is 32.1. The van der Waals surface area contributed by atoms with Crippen LogP contribution in [0.25, 0.3) is 21.0 Å². The Balaban J connectivity index is 2.33. The van der Waals surface area contributed by atoms with Gasteiger partial charge in [0.25, 0.3) is 5.69 Å². The number of non-ortho nitro benzene ring substituents is 1. The topological polar surface area (TPSA) is 103 Å². The molecule has 0 saturated heterocycles. The van der Waals surface area contributed by atoms with E-state index >= 15 is 0 Å². The zero-order valence-electron chi connectivity index (χ0n) is 10.7. The smallest absolute Gasteiger partial charge is 0.351 e. The number of aromatic hydroxyl groups is 1. The van der Waals surface area contributed by atoms with Crippen LogP contribution in [-0.2, 0) is 4.74 Å². The molecular weight excluding hydrogens is 296 g/mol. The van der Waals surface area contributed by atoms with Crippen molar-refractivity contribution in [3.63, 3.8) is 0 Å². The molecule has 0 unspecified atom stereocenters. The second-order valence-electron chi connectivity index (χ2n) is 4.23. The highest BCUT2D eigenvalue weighted by molar-refractivity contribution is 7.22. The maximum atomic E-state index is 11.6. The van der Waals surface area contributed by atoms with Gasteiger partial charge >= 0.3 is 5.97 Å². The molecule has 106 valence electrons. The Hall–Kier alpha value is -2.74. The summed E-state index contributed by atoms with van der Waals surface area (Å²) in [5.74, 6) is -0.821. The average Bonchev–Trinajstić information content (AvgIpc) is 2.83. The Kier molecular flexibility index (Phi) is 2.95. The van der Waals surface area contributed by atoms with Crippen LogP contribution in [0.15, 0.2) is 24.4 Å². The van der Waals surface area contributed by atoms with E-state index in [9.17, 15) is 20.0 Å². The molecule has 0 atom stereocenters. The van der Waals surface area contributed by atoms with E-state index in [1.165, 1.54) is 25.4 Å². The van der Waals surface area contributed by atoms with Gasteiger partial charge in [-0.2, -0.15) is 0 Å². The van der Waals surface area contributed by atoms with Crippen LogP contribution in [-0.4, -0.2) is 28.1 Å². The first-order chi connectivity index (χ1) is 10.0. The highest BCUT2D eigenvalue weighted by Gasteiger charge is 2.21. The van der Waals surface area contributed by atoms with Crippen molar-refractivity contribution in [1.82, 2.24) is 4.98 Å². The first kappa shape index (κ1) is 13.3. The first-order valence-corrected chi connectivity index (χ1v) is 6.61. The Morgan fingerprint density at radius 1 is 1.43 bits per heavy atom. The maximum Gasteiger partial charge on any atom is 0.351 e. The van der Waals surface area contributed by atoms with Gasteiger partial charge in [0.15, 0.2) is 4.88 Å². The van der Waals surface area contributed by atoms with Crippen molar-refractivity contribution in [1.29, 1.82) is 0 Å². The zero-order valence-corrected chi connectivity index (χ0v) is 11.5. The van der Waals surface area contributed by atoms with E-state index in [1.54, 1.807) is 6.07 Å². The molecule has 0 radical (unpaired) electrons. The molecule has 0 bridgehead atoms. The third-order valence-electron chi connectivity index (χ3n) is 3.06. The number of nitro benzene ring substituents is 1. The van der Waals surface area contributed by atoms with E-state index in [1.807, 2.05) is 0 Å². The number of methoxy groups -OCH3 is 1. The van der Waals surface area contributed by atoms with Crippen LogP contribution in [0.3, 0.4) is 0 Å². The van der Waals surface area contributed by atoms with Crippen molar-refractivity contribution in [2.24, 2.45) is 0 Å². The number of fused-ring (bicyclic) bond motifs is 3. The molecule has 0 aliphatic heterocycles. The van der Waals surface area contributed by atoms with Gasteiger partial charge < -0.3 is 9.84 Å². The van der Waals surface area contributed by atoms with Crippen LogP contribution in [0.2, 0.25) is 0 Å². The molecule has 0 spiro atoms. The van der Waals surface area contributed by atoms with E-state index in [0.717, 1.165) is 11.3 Å². The molecule has 3 rings (SSSR count). The van der Waals surface area contributed by atoms with Gasteiger partial charge in [-0.1, -0.05) is 0 Å². The summed E-state index contributed by atoms with van der Waals surface area (Å²) in [6.45, 7) is 0. The lowest BCUT2D eigenvalue weighted by Crippen LogP contribution is -1.97. The molecule has 1 N–H and O–H groups in total. The SMILES string of the molecule is COC(=O)c1sc2c(cnc3cc([N+](=O)[O-])ccc32)c1O. The van der Waals surface area contributed by atoms with Gasteiger partial charge in [0, 0.05) is 28.4 Å². The van der Waals surface area contributed by atoms with Crippen molar-refractivity contribution >= 4 is 44.0 Å². The second-order valence-corrected chi connectivity index (χ2v) is 5.25. The Morgan fingerprint density at radius 2 is 2.19 bits per heavy atom. The van der Waals surface area contributed by atoms with Crippen LogP contribution in [0.5, 0.6) is 5.75 Å². The van der Waals surface area contributed by atoms with Crippen LogP contribution in [0.1, 0.15) is 9.67 Å². The minimum atomic E-state index is -0.635. The zero-order chi connectivity index (χ0) is 15.1. The summed E-state index contributed by atoms with van der Waals surface area (Å²) in [5, 5.41) is 21.9. The van der Waals surface area contributed by atoms with Crippen molar-refractivity contribution in [2.45, 2.75) is 0 Å². The Labute approximate surface area is 121 Å². The minimum absolute atomic E-state index is 0.0664. The Bertz CT molecular complexity index is 902. The second kappa shape index (κ2) is 4.67. The van der Waals surface area contributed by atoms with Gasteiger partial charge in [0.2, 0.25) is 0 Å². The molecule has 0 amide bonds. The molecule has 1 aromatic carbocycles. The predicted octanol–water partition coefficient (Wildman–Crippen LogP) is 2.85. The van der Waals surface area contributed by atoms with E-state index < -0.39 is 10.9 Å². The summed E-state index contributed by atoms with van der Waals surface area (Å²) in [5.41, 5.74) is 0.359. The third-order valence-corrected chi connectivity index (χ3v) is 4.27. The first-order valence-electron chi connectivity index (χ1n) is 5.80. The van der Waals surface area contributed by atoms with Gasteiger partial charge in [-0.15, -0.1) is 11.3 Å². The van der Waals surface area contributed by atoms with Gasteiger partial charge in [-0.3, -0.25) is 15.1 Å². The van der Waals surface area contributed by atoms with Crippen LogP contribution < -0.4 is 0 Å². The molecule has 21 heavy (non-hydrogen) atoms. The maximum absolute atomic E-state index is 11.6. The van der Waals surface area contributed by atoms with Crippen LogP contribution >= 0.6 is 11.3 Å². The lowest BCUT2D eigenvalue weighted by atomic mass is 10.1. The number of carbonyl (C=O) groups excluding carboxylic acids is 1. The van der Waals surface area contributed by atoms with Gasteiger partial charge in [-0.05, 0) is 6.07 Å². The number of nitrogens with zero attached hydrogens (tertiary/aromatic N) is 2. The van der Waals surface area contributed by atoms with Crippen molar-refractivity contribution in [3.8, 4) is 5.75 Å². The molecular formula is C13H8N2O5S. The quantitative estimate of drug-likeness (QED) is 0.443. The highest BCUT2D eigenvalue weighted by Crippen LogP contribution is 2.40. The molecule has 8 heteroatoms. The number of thiophene rings is 1. The number of nitro groups is 1. The van der Waals surface area contributed by atoms with E-state index in [0.29, 0.717) is 21.0 Å². The summed E-state index contributed by atoms with van der Waals surface area (Å²) in [7, 11) is 1.23. The lowest BCUT2D eigenvalue weighted by Gasteiger charge is -1.98. The van der Waals surface area contributed by atoms with Gasteiger partial charge in [0.05, 0.1) is 22.9 Å². The fraction of sp³-hybridized carbons (Fsp3) is 0.0769. The largest absolute Gasteiger partial charge is 0.505 e. The molecule has 2 heterocycles. The summed E-state index contributed by atoms with van der Waals surface area (Å²) < 4.78 is 5.24. The van der Waals surface area contributed by atoms with E-state index in [-0.39, 0.29) is 16.3 Å². The van der Waals surface area contributed by atoms with Crippen molar-refractivity contribution in [2.75, 3.05) is 7.11 Å². The number of aromatic nitrogens is 1. The molecule has 7 nitrogen and oxygen atoms in total. The number of esters is 1. The number of rotatable bonds is 2. The van der Waals surface area contributed by atoms with Crippen LogP contribution in [0.4, 0.5) is 5.69 Å². The number of benzene rings is 1. The summed E-state index contributed by atoms with van der Waals surface area (Å²) in [4.78, 5) is 26.1. The monoisotopic (exact) mass is 304 g/mol. The number of carbonyl (C=O) groups is 1. The van der Waals surface area contributed by atoms with Gasteiger partial charge in [-0.25, -0.2) is 4.79 Å². The summed E-state index contributed by atoms with van der Waals surface area (Å²) in [6.07, 6.45) is 1.39. The standard InChI is InChI=1S/C13H8N2O5S/c1-20-13(17)12-10(16)8-5-14-9-4-6(15(18)19)2-3-7(9)11(8)21-12/h2-5,16H,1H3. The summed E-state index contributed by atoms with van der Waals surface area (Å²) in [6, 6.07) is 4.27. The Morgan fingerprint density at radius 3 is 2.86 bits per heavy atom. The number of hydrogen-bond acceptors (Lipinski definition) is 7. The summed E-state index contributed by atoms with van der Waals surface area (Å²) >= 11 is 1.07. The normalized spacial score (nSPS) is 10.9.